The van der Waals surface area contributed by atoms with Gasteiger partial charge in [-0.25, -0.2) is 9.59 Å². The predicted octanol–water partition coefficient (Wildman–Crippen LogP) is 7.59. The Kier molecular flexibility index (Phi) is 21.8. The maximum absolute atomic E-state index is 11.2. The van der Waals surface area contributed by atoms with Crippen LogP contribution in [-0.2, 0) is 14.2 Å². The summed E-state index contributed by atoms with van der Waals surface area (Å²) in [6.07, 6.45) is 3.80. The maximum Gasteiger partial charge on any atom is 0.337 e. The first-order valence-electron chi connectivity index (χ1n) is 10.4. The Morgan fingerprint density at radius 3 is 1.80 bits per heavy atom. The van der Waals surface area contributed by atoms with Gasteiger partial charge in [0.15, 0.2) is 5.78 Å². The number of carbonyl (C=O) groups excluding carboxylic acids is 3. The fourth-order valence-electron chi connectivity index (χ4n) is 2.39. The number of hydrogen-bond acceptors (Lipinski definition) is 6. The molecule has 0 aromatic heterocycles. The van der Waals surface area contributed by atoms with Crippen LogP contribution in [0.5, 0.6) is 0 Å². The summed E-state index contributed by atoms with van der Waals surface area (Å²) in [6, 6.07) is 10.4. The van der Waals surface area contributed by atoms with Crippen LogP contribution in [0.15, 0.2) is 49.2 Å². The van der Waals surface area contributed by atoms with Gasteiger partial charge < -0.3 is 14.2 Å². The molecule has 0 heterocycles. The number of Topliss-reactive ketones (excluding diaryl/α,β-unsaturated/α-hetero) is 1. The van der Waals surface area contributed by atoms with Crippen molar-refractivity contribution in [2.75, 3.05) is 20.8 Å². The lowest BCUT2D eigenvalue weighted by Crippen LogP contribution is -2.04. The third-order valence-electron chi connectivity index (χ3n) is 4.36. The van der Waals surface area contributed by atoms with Crippen molar-refractivity contribution in [2.24, 2.45) is 0 Å². The third kappa shape index (κ3) is 14.3. The second-order valence-electron chi connectivity index (χ2n) is 6.92. The smallest absolute Gasteiger partial charge is 0.337 e. The molecule has 0 aliphatic carbocycles. The predicted molar refractivity (Wildman–Crippen MR) is 152 cm³/mol. The van der Waals surface area contributed by atoms with Crippen molar-refractivity contribution in [1.29, 1.82) is 0 Å². The van der Waals surface area contributed by atoms with Gasteiger partial charge in [0.25, 0.3) is 0 Å². The van der Waals surface area contributed by atoms with Gasteiger partial charge in [-0.3, -0.25) is 4.79 Å². The Labute approximate surface area is 225 Å². The minimum absolute atomic E-state index is 0. The molecule has 0 atom stereocenters. The lowest BCUT2D eigenvalue weighted by Gasteiger charge is -2.04. The van der Waals surface area contributed by atoms with Crippen molar-refractivity contribution in [2.45, 2.75) is 55.4 Å². The number of rotatable bonds is 7. The first-order valence-corrected chi connectivity index (χ1v) is 11.5. The van der Waals surface area contributed by atoms with Crippen LogP contribution in [-0.4, -0.2) is 38.5 Å². The number of benzene rings is 2. The van der Waals surface area contributed by atoms with Crippen molar-refractivity contribution >= 4 is 40.3 Å². The van der Waals surface area contributed by atoms with Crippen LogP contribution >= 0.6 is 22.6 Å². The Morgan fingerprint density at radius 2 is 1.40 bits per heavy atom. The quantitative estimate of drug-likeness (QED) is 0.107. The fraction of sp³-hybridized carbons (Fsp3) is 0.393. The van der Waals surface area contributed by atoms with E-state index in [1.165, 1.54) is 39.4 Å². The van der Waals surface area contributed by atoms with Gasteiger partial charge in [-0.05, 0) is 85.2 Å². The Bertz CT molecular complexity index is 937. The highest BCUT2D eigenvalue weighted by molar-refractivity contribution is 14.1. The van der Waals surface area contributed by atoms with Gasteiger partial charge in [0.1, 0.15) is 0 Å². The molecule has 35 heavy (non-hydrogen) atoms. The molecule has 0 bridgehead atoms. The first kappa shape index (κ1) is 36.9. The summed E-state index contributed by atoms with van der Waals surface area (Å²) < 4.78 is 15.1. The molecule has 7 heteroatoms. The van der Waals surface area contributed by atoms with Crippen molar-refractivity contribution < 1.29 is 28.6 Å². The highest BCUT2D eigenvalue weighted by atomic mass is 127. The largest absolute Gasteiger partial charge is 0.502 e. The highest BCUT2D eigenvalue weighted by Crippen LogP contribution is 2.14. The van der Waals surface area contributed by atoms with E-state index in [0.717, 1.165) is 22.2 Å². The number of carbonyl (C=O) groups is 3. The summed E-state index contributed by atoms with van der Waals surface area (Å²) in [5, 5.41) is 0. The SMILES string of the molecule is C.C.C=COCCCC.COC(=O)c1ccc(C)c(C(C)=O)c1.COC(=O)c1ccc(C)c(I)c1. The van der Waals surface area contributed by atoms with Gasteiger partial charge in [0.05, 0.1) is 38.2 Å². The summed E-state index contributed by atoms with van der Waals surface area (Å²) in [4.78, 5) is 33.4. The number of halogens is 1. The third-order valence-corrected chi connectivity index (χ3v) is 5.53. The van der Waals surface area contributed by atoms with Crippen LogP contribution in [0.3, 0.4) is 0 Å². The van der Waals surface area contributed by atoms with Crippen molar-refractivity contribution in [3.05, 3.63) is 80.6 Å². The minimum Gasteiger partial charge on any atom is -0.502 e. The van der Waals surface area contributed by atoms with E-state index in [2.05, 4.69) is 45.6 Å². The summed E-state index contributed by atoms with van der Waals surface area (Å²) in [5.41, 5.74) is 3.61. The molecule has 0 amide bonds. The van der Waals surface area contributed by atoms with Gasteiger partial charge in [0.2, 0.25) is 0 Å². The van der Waals surface area contributed by atoms with Crippen LogP contribution in [0, 0.1) is 17.4 Å². The molecule has 0 N–H and O–H groups in total. The molecule has 2 aromatic rings. The van der Waals surface area contributed by atoms with E-state index in [1.54, 1.807) is 24.3 Å². The van der Waals surface area contributed by atoms with Gasteiger partial charge in [-0.1, -0.05) is 46.9 Å². The molecule has 0 radical (unpaired) electrons. The molecule has 0 aliphatic heterocycles. The summed E-state index contributed by atoms with van der Waals surface area (Å²) in [5.74, 6) is -0.756. The Hall–Kier alpha value is -2.68. The number of ketones is 1. The molecule has 2 aromatic carbocycles. The fourth-order valence-corrected chi connectivity index (χ4v) is 2.91. The van der Waals surface area contributed by atoms with E-state index < -0.39 is 5.97 Å². The molecule has 0 fully saturated rings. The van der Waals surface area contributed by atoms with Crippen LogP contribution < -0.4 is 0 Å². The summed E-state index contributed by atoms with van der Waals surface area (Å²) >= 11 is 2.19. The van der Waals surface area contributed by atoms with Crippen LogP contribution in [0.25, 0.3) is 0 Å². The number of esters is 2. The lowest BCUT2D eigenvalue weighted by atomic mass is 10.0. The lowest BCUT2D eigenvalue weighted by molar-refractivity contribution is 0.0591. The number of unbranched alkanes of at least 4 members (excludes halogenated alkanes) is 1. The summed E-state index contributed by atoms with van der Waals surface area (Å²) in [7, 11) is 2.70. The van der Waals surface area contributed by atoms with Crippen molar-refractivity contribution in [1.82, 2.24) is 0 Å². The summed E-state index contributed by atoms with van der Waals surface area (Å²) in [6.45, 7) is 11.7. The van der Waals surface area contributed by atoms with Crippen LogP contribution in [0.4, 0.5) is 0 Å². The van der Waals surface area contributed by atoms with E-state index in [-0.39, 0.29) is 26.6 Å². The second-order valence-corrected chi connectivity index (χ2v) is 8.09. The molecule has 0 unspecified atom stereocenters. The number of aryl methyl sites for hydroxylation is 2. The van der Waals surface area contributed by atoms with Crippen molar-refractivity contribution in [3.63, 3.8) is 0 Å². The number of hydrogen-bond donors (Lipinski definition) is 0. The molecule has 2 rings (SSSR count). The minimum atomic E-state index is -0.424. The average Bonchev–Trinajstić information content (AvgIpc) is 2.81. The molecule has 0 saturated heterocycles. The Morgan fingerprint density at radius 1 is 0.914 bits per heavy atom. The monoisotopic (exact) mass is 600 g/mol. The molecule has 196 valence electrons. The molecule has 0 spiro atoms. The van der Waals surface area contributed by atoms with Crippen LogP contribution in [0.1, 0.15) is 83.7 Å². The highest BCUT2D eigenvalue weighted by Gasteiger charge is 2.10. The first-order chi connectivity index (χ1) is 15.6. The van der Waals surface area contributed by atoms with Crippen molar-refractivity contribution in [3.8, 4) is 0 Å². The molecular formula is C28H41IO6. The van der Waals surface area contributed by atoms with Gasteiger partial charge in [-0.2, -0.15) is 0 Å². The number of methoxy groups -OCH3 is 2. The van der Waals surface area contributed by atoms with E-state index in [4.69, 9.17) is 4.74 Å². The maximum atomic E-state index is 11.2. The Balaban J connectivity index is -0.000000449. The molecule has 0 aliphatic rings. The normalized spacial score (nSPS) is 8.77. The standard InChI is InChI=1S/C11H12O3.C9H9IO2.C6H12O.2CH4/c1-7-4-5-9(11(13)14-3)6-10(7)8(2)12;1-6-3-4-7(5-8(6)10)9(11)12-2;1-3-5-6-7-4-2;;/h4-6H,1-3H3;3-5H,1-2H3;4H,2-3,5-6H2,1H3;2*1H4. The van der Waals surface area contributed by atoms with E-state index in [9.17, 15) is 14.4 Å². The number of ether oxygens (including phenoxy) is 3. The zero-order chi connectivity index (χ0) is 25.4. The second kappa shape index (κ2) is 20.7. The van der Waals surface area contributed by atoms with E-state index >= 15 is 0 Å². The van der Waals surface area contributed by atoms with Crippen LogP contribution in [0.2, 0.25) is 0 Å². The van der Waals surface area contributed by atoms with E-state index in [1.807, 2.05) is 26.0 Å². The topological polar surface area (TPSA) is 78.9 Å². The molecular weight excluding hydrogens is 559 g/mol. The molecule has 0 saturated carbocycles. The molecule has 6 nitrogen and oxygen atoms in total. The van der Waals surface area contributed by atoms with Gasteiger partial charge >= 0.3 is 11.9 Å². The van der Waals surface area contributed by atoms with E-state index in [0.29, 0.717) is 16.7 Å². The average molecular weight is 601 g/mol. The zero-order valence-electron chi connectivity index (χ0n) is 20.2. The van der Waals surface area contributed by atoms with Gasteiger partial charge in [0, 0.05) is 9.13 Å². The van der Waals surface area contributed by atoms with Gasteiger partial charge in [-0.15, -0.1) is 0 Å². The zero-order valence-corrected chi connectivity index (χ0v) is 22.4.